The molecule has 0 unspecified atom stereocenters. The monoisotopic (exact) mass is 240 g/mol. The third kappa shape index (κ3) is 2.25. The average molecular weight is 241 g/mol. The summed E-state index contributed by atoms with van der Waals surface area (Å²) in [5.41, 5.74) is 1.28. The minimum atomic E-state index is 0.423. The molecule has 0 bridgehead atoms. The standard InChI is InChI=1S/C11H13BrO/c1-8-2-4-10(5-3-8)13-11-6-9(12)7-11/h2-5,9,11H,6-7H2,1H3. The van der Waals surface area contributed by atoms with Crippen molar-refractivity contribution in [2.75, 3.05) is 0 Å². The van der Waals surface area contributed by atoms with Crippen LogP contribution in [0, 0.1) is 6.92 Å². The van der Waals surface area contributed by atoms with Gasteiger partial charge in [-0.25, -0.2) is 0 Å². The molecule has 1 aromatic carbocycles. The summed E-state index contributed by atoms with van der Waals surface area (Å²) in [6, 6.07) is 8.24. The highest BCUT2D eigenvalue weighted by Crippen LogP contribution is 2.30. The fourth-order valence-electron chi connectivity index (χ4n) is 1.41. The first-order chi connectivity index (χ1) is 6.24. The van der Waals surface area contributed by atoms with Crippen molar-refractivity contribution in [3.05, 3.63) is 29.8 Å². The molecule has 1 nitrogen and oxygen atoms in total. The number of alkyl halides is 1. The fourth-order valence-corrected chi connectivity index (χ4v) is 2.24. The summed E-state index contributed by atoms with van der Waals surface area (Å²) >= 11 is 3.55. The van der Waals surface area contributed by atoms with E-state index < -0.39 is 0 Å². The lowest BCUT2D eigenvalue weighted by molar-refractivity contribution is 0.128. The molecule has 0 saturated heterocycles. The van der Waals surface area contributed by atoms with E-state index in [1.54, 1.807) is 0 Å². The van der Waals surface area contributed by atoms with E-state index in [2.05, 4.69) is 35.0 Å². The minimum Gasteiger partial charge on any atom is -0.490 e. The predicted octanol–water partition coefficient (Wildman–Crippen LogP) is 3.30. The summed E-state index contributed by atoms with van der Waals surface area (Å²) in [6.45, 7) is 2.08. The molecule has 0 aliphatic heterocycles. The zero-order chi connectivity index (χ0) is 9.26. The third-order valence-corrected chi connectivity index (χ3v) is 3.11. The van der Waals surface area contributed by atoms with Gasteiger partial charge in [-0.05, 0) is 31.9 Å². The second-order valence-electron chi connectivity index (χ2n) is 3.62. The zero-order valence-electron chi connectivity index (χ0n) is 7.66. The quantitative estimate of drug-likeness (QED) is 0.722. The summed E-state index contributed by atoms with van der Waals surface area (Å²) in [7, 11) is 0. The van der Waals surface area contributed by atoms with E-state index in [9.17, 15) is 0 Å². The van der Waals surface area contributed by atoms with Crippen molar-refractivity contribution in [1.82, 2.24) is 0 Å². The summed E-state index contributed by atoms with van der Waals surface area (Å²) in [5, 5.41) is 0. The number of benzene rings is 1. The summed E-state index contributed by atoms with van der Waals surface area (Å²) in [5.74, 6) is 0.995. The van der Waals surface area contributed by atoms with Crippen LogP contribution in [-0.4, -0.2) is 10.9 Å². The SMILES string of the molecule is Cc1ccc(OC2CC(Br)C2)cc1. The molecular weight excluding hydrogens is 228 g/mol. The Morgan fingerprint density at radius 2 is 1.85 bits per heavy atom. The predicted molar refractivity (Wildman–Crippen MR) is 57.5 cm³/mol. The van der Waals surface area contributed by atoms with Crippen LogP contribution in [0.5, 0.6) is 5.75 Å². The van der Waals surface area contributed by atoms with Crippen LogP contribution < -0.4 is 4.74 Å². The summed E-state index contributed by atoms with van der Waals surface area (Å²) in [6.07, 6.45) is 2.69. The molecule has 2 heteroatoms. The van der Waals surface area contributed by atoms with E-state index in [1.807, 2.05) is 12.1 Å². The van der Waals surface area contributed by atoms with E-state index in [4.69, 9.17) is 4.74 Å². The van der Waals surface area contributed by atoms with Gasteiger partial charge in [0.15, 0.2) is 0 Å². The van der Waals surface area contributed by atoms with Crippen molar-refractivity contribution in [2.45, 2.75) is 30.7 Å². The van der Waals surface area contributed by atoms with Crippen molar-refractivity contribution >= 4 is 15.9 Å². The lowest BCUT2D eigenvalue weighted by atomic mass is 9.96. The Hall–Kier alpha value is -0.500. The second kappa shape index (κ2) is 3.70. The highest BCUT2D eigenvalue weighted by molar-refractivity contribution is 9.09. The molecule has 0 aromatic heterocycles. The largest absolute Gasteiger partial charge is 0.490 e. The molecule has 70 valence electrons. The normalized spacial score (nSPS) is 26.6. The van der Waals surface area contributed by atoms with Crippen LogP contribution >= 0.6 is 15.9 Å². The average Bonchev–Trinajstić information content (AvgIpc) is 2.06. The Morgan fingerprint density at radius 1 is 1.23 bits per heavy atom. The number of hydrogen-bond donors (Lipinski definition) is 0. The van der Waals surface area contributed by atoms with Gasteiger partial charge in [-0.2, -0.15) is 0 Å². The van der Waals surface area contributed by atoms with Crippen molar-refractivity contribution in [2.24, 2.45) is 0 Å². The topological polar surface area (TPSA) is 9.23 Å². The van der Waals surface area contributed by atoms with Gasteiger partial charge in [-0.15, -0.1) is 0 Å². The lowest BCUT2D eigenvalue weighted by Gasteiger charge is -2.31. The van der Waals surface area contributed by atoms with E-state index in [-0.39, 0.29) is 0 Å². The van der Waals surface area contributed by atoms with Gasteiger partial charge in [0.25, 0.3) is 0 Å². The van der Waals surface area contributed by atoms with Crippen molar-refractivity contribution in [3.63, 3.8) is 0 Å². The van der Waals surface area contributed by atoms with Crippen LogP contribution in [0.1, 0.15) is 18.4 Å². The molecule has 1 aliphatic rings. The van der Waals surface area contributed by atoms with Gasteiger partial charge < -0.3 is 4.74 Å². The Balaban J connectivity index is 1.91. The zero-order valence-corrected chi connectivity index (χ0v) is 9.25. The van der Waals surface area contributed by atoms with E-state index in [0.29, 0.717) is 10.9 Å². The van der Waals surface area contributed by atoms with Crippen molar-refractivity contribution in [1.29, 1.82) is 0 Å². The number of rotatable bonds is 2. The number of aryl methyl sites for hydroxylation is 1. The lowest BCUT2D eigenvalue weighted by Crippen LogP contribution is -2.33. The van der Waals surface area contributed by atoms with Crippen LogP contribution in [0.3, 0.4) is 0 Å². The summed E-state index contributed by atoms with van der Waals surface area (Å²) < 4.78 is 5.75. The van der Waals surface area contributed by atoms with Gasteiger partial charge in [-0.3, -0.25) is 0 Å². The molecule has 1 aromatic rings. The third-order valence-electron chi connectivity index (χ3n) is 2.36. The number of halogens is 1. The Kier molecular flexibility index (Phi) is 2.58. The van der Waals surface area contributed by atoms with Crippen LogP contribution in [0.2, 0.25) is 0 Å². The smallest absolute Gasteiger partial charge is 0.119 e. The maximum Gasteiger partial charge on any atom is 0.119 e. The first kappa shape index (κ1) is 9.07. The Morgan fingerprint density at radius 3 is 2.38 bits per heavy atom. The molecule has 0 radical (unpaired) electrons. The molecule has 2 rings (SSSR count). The summed E-state index contributed by atoms with van der Waals surface area (Å²) in [4.78, 5) is 0.669. The molecule has 0 amide bonds. The molecule has 0 spiro atoms. The first-order valence-corrected chi connectivity index (χ1v) is 5.53. The minimum absolute atomic E-state index is 0.423. The maximum atomic E-state index is 5.75. The molecule has 1 fully saturated rings. The van der Waals surface area contributed by atoms with Gasteiger partial charge in [-0.1, -0.05) is 33.6 Å². The number of hydrogen-bond acceptors (Lipinski definition) is 1. The molecule has 1 saturated carbocycles. The van der Waals surface area contributed by atoms with Gasteiger partial charge >= 0.3 is 0 Å². The Bertz CT molecular complexity index is 275. The van der Waals surface area contributed by atoms with E-state index in [1.165, 1.54) is 5.56 Å². The highest BCUT2D eigenvalue weighted by Gasteiger charge is 2.28. The van der Waals surface area contributed by atoms with Crippen LogP contribution in [0.25, 0.3) is 0 Å². The Labute approximate surface area is 87.2 Å². The van der Waals surface area contributed by atoms with Crippen molar-refractivity contribution in [3.8, 4) is 5.75 Å². The maximum absolute atomic E-state index is 5.75. The van der Waals surface area contributed by atoms with Gasteiger partial charge in [0.05, 0.1) is 0 Å². The second-order valence-corrected chi connectivity index (χ2v) is 4.92. The first-order valence-electron chi connectivity index (χ1n) is 4.61. The fraction of sp³-hybridized carbons (Fsp3) is 0.455. The van der Waals surface area contributed by atoms with Crippen LogP contribution in [0.15, 0.2) is 24.3 Å². The molecular formula is C11H13BrO. The number of ether oxygens (including phenoxy) is 1. The molecule has 0 heterocycles. The van der Waals surface area contributed by atoms with E-state index >= 15 is 0 Å². The van der Waals surface area contributed by atoms with Crippen molar-refractivity contribution < 1.29 is 4.74 Å². The van der Waals surface area contributed by atoms with Crippen LogP contribution in [0.4, 0.5) is 0 Å². The highest BCUT2D eigenvalue weighted by atomic mass is 79.9. The molecule has 0 N–H and O–H groups in total. The van der Waals surface area contributed by atoms with Crippen LogP contribution in [-0.2, 0) is 0 Å². The van der Waals surface area contributed by atoms with Gasteiger partial charge in [0.1, 0.15) is 11.9 Å². The van der Waals surface area contributed by atoms with E-state index in [0.717, 1.165) is 18.6 Å². The molecule has 13 heavy (non-hydrogen) atoms. The van der Waals surface area contributed by atoms with Gasteiger partial charge in [0, 0.05) is 4.83 Å². The molecule has 1 aliphatic carbocycles. The molecule has 0 atom stereocenters. The van der Waals surface area contributed by atoms with Gasteiger partial charge in [0.2, 0.25) is 0 Å².